The van der Waals surface area contributed by atoms with Crippen LogP contribution in [0.25, 0.3) is 18.0 Å². The molecule has 0 amide bonds. The van der Waals surface area contributed by atoms with E-state index in [9.17, 15) is 0 Å². The van der Waals surface area contributed by atoms with Crippen molar-refractivity contribution in [3.05, 3.63) is 28.5 Å². The van der Waals surface area contributed by atoms with Gasteiger partial charge >= 0.3 is 0 Å². The van der Waals surface area contributed by atoms with Crippen molar-refractivity contribution < 1.29 is 0 Å². The van der Waals surface area contributed by atoms with Gasteiger partial charge in [0.15, 0.2) is 5.82 Å². The van der Waals surface area contributed by atoms with Gasteiger partial charge in [-0.1, -0.05) is 18.6 Å². The Labute approximate surface area is 129 Å². The van der Waals surface area contributed by atoms with Crippen LogP contribution in [0, 0.1) is 18.8 Å². The van der Waals surface area contributed by atoms with Crippen LogP contribution in [0.3, 0.4) is 0 Å². The summed E-state index contributed by atoms with van der Waals surface area (Å²) in [6, 6.07) is 1.98. The summed E-state index contributed by atoms with van der Waals surface area (Å²) in [7, 11) is 1.84. The highest BCUT2D eigenvalue weighted by molar-refractivity contribution is 5.42. The number of fused-ring (bicyclic) bond motifs is 1. The number of hydrogen-bond donors (Lipinski definition) is 1. The average molecular weight is 295 g/mol. The molecule has 0 bridgehead atoms. The number of nitrogens with zero attached hydrogens (tertiary/aromatic N) is 4. The van der Waals surface area contributed by atoms with Crippen molar-refractivity contribution in [1.29, 1.82) is 0 Å². The van der Waals surface area contributed by atoms with Crippen molar-refractivity contribution >= 4 is 18.1 Å². The van der Waals surface area contributed by atoms with Crippen molar-refractivity contribution in [3.8, 4) is 5.82 Å². The predicted octanol–water partition coefficient (Wildman–Crippen LogP) is 1.39. The van der Waals surface area contributed by atoms with E-state index in [-0.39, 0.29) is 0 Å². The van der Waals surface area contributed by atoms with Gasteiger partial charge in [0.25, 0.3) is 0 Å². The van der Waals surface area contributed by atoms with Crippen molar-refractivity contribution in [2.75, 3.05) is 12.4 Å². The van der Waals surface area contributed by atoms with Gasteiger partial charge in [0.1, 0.15) is 0 Å². The van der Waals surface area contributed by atoms with Crippen molar-refractivity contribution in [2.24, 2.45) is 11.8 Å². The second-order valence-corrected chi connectivity index (χ2v) is 6.30. The minimum atomic E-state index is 0.634. The third-order valence-electron chi connectivity index (χ3n) is 4.85. The largest absolute Gasteiger partial charge is 0.357 e. The third-order valence-corrected chi connectivity index (χ3v) is 4.85. The molecule has 5 nitrogen and oxygen atoms in total. The highest BCUT2D eigenvalue weighted by Gasteiger charge is 2.26. The van der Waals surface area contributed by atoms with Crippen LogP contribution in [0.1, 0.15) is 31.4 Å². The van der Waals surface area contributed by atoms with Gasteiger partial charge in [0, 0.05) is 24.0 Å². The number of aryl methyl sites for hydroxylation is 1. The molecule has 114 valence electrons. The molecule has 2 aliphatic rings. The number of aromatic nitrogens is 4. The van der Waals surface area contributed by atoms with Gasteiger partial charge in [0.2, 0.25) is 5.95 Å². The molecule has 2 heterocycles. The molecule has 0 aromatic carbocycles. The lowest BCUT2D eigenvalue weighted by atomic mass is 9.73. The summed E-state index contributed by atoms with van der Waals surface area (Å²) in [5.41, 5.74) is 0.939. The van der Waals surface area contributed by atoms with Gasteiger partial charge < -0.3 is 5.32 Å². The first-order valence-electron chi connectivity index (χ1n) is 8.04. The Hall–Kier alpha value is -2.17. The summed E-state index contributed by atoms with van der Waals surface area (Å²) in [6.07, 6.45) is 12.0. The lowest BCUT2D eigenvalue weighted by molar-refractivity contribution is 0.255. The van der Waals surface area contributed by atoms with Gasteiger partial charge in [-0.15, -0.1) is 0 Å². The van der Waals surface area contributed by atoms with Gasteiger partial charge in [0.05, 0.1) is 11.5 Å². The zero-order valence-corrected chi connectivity index (χ0v) is 13.1. The van der Waals surface area contributed by atoms with Crippen molar-refractivity contribution in [1.82, 2.24) is 19.7 Å². The van der Waals surface area contributed by atoms with E-state index < -0.39 is 0 Å². The molecular formula is C17H21N5. The zero-order chi connectivity index (χ0) is 15.1. The molecule has 1 unspecified atom stereocenters. The molecule has 1 saturated carbocycles. The van der Waals surface area contributed by atoms with Crippen LogP contribution in [-0.4, -0.2) is 26.8 Å². The fourth-order valence-electron chi connectivity index (χ4n) is 3.38. The Balaban J connectivity index is 1.82. The second kappa shape index (κ2) is 5.23. The highest BCUT2D eigenvalue weighted by Crippen LogP contribution is 2.36. The fraction of sp³-hybridized carbons (Fsp3) is 0.471. The molecule has 22 heavy (non-hydrogen) atoms. The van der Waals surface area contributed by atoms with E-state index in [0.29, 0.717) is 11.9 Å². The Morgan fingerprint density at radius 1 is 1.27 bits per heavy atom. The van der Waals surface area contributed by atoms with Crippen LogP contribution < -0.4 is 15.9 Å². The topological polar surface area (TPSA) is 55.6 Å². The van der Waals surface area contributed by atoms with E-state index in [1.54, 1.807) is 0 Å². The zero-order valence-electron chi connectivity index (χ0n) is 13.1. The van der Waals surface area contributed by atoms with E-state index in [4.69, 9.17) is 0 Å². The lowest BCUT2D eigenvalue weighted by Crippen LogP contribution is -2.35. The van der Waals surface area contributed by atoms with Crippen molar-refractivity contribution in [3.63, 3.8) is 0 Å². The summed E-state index contributed by atoms with van der Waals surface area (Å²) >= 11 is 0. The predicted molar refractivity (Wildman–Crippen MR) is 87.1 cm³/mol. The van der Waals surface area contributed by atoms with Crippen LogP contribution in [0.5, 0.6) is 0 Å². The van der Waals surface area contributed by atoms with E-state index >= 15 is 0 Å². The number of rotatable bonds is 3. The van der Waals surface area contributed by atoms with Crippen LogP contribution in [-0.2, 0) is 0 Å². The van der Waals surface area contributed by atoms with Gasteiger partial charge in [-0.05, 0) is 38.0 Å². The Kier molecular flexibility index (Phi) is 3.21. The summed E-state index contributed by atoms with van der Waals surface area (Å²) < 4.78 is 1.95. The van der Waals surface area contributed by atoms with Gasteiger partial charge in [-0.2, -0.15) is 10.1 Å². The molecule has 0 spiro atoms. The number of hydrogen-bond acceptors (Lipinski definition) is 4. The first kappa shape index (κ1) is 13.5. The van der Waals surface area contributed by atoms with E-state index in [2.05, 4.69) is 32.5 Å². The minimum Gasteiger partial charge on any atom is -0.357 e. The summed E-state index contributed by atoms with van der Waals surface area (Å²) in [5.74, 6) is 2.97. The second-order valence-electron chi connectivity index (χ2n) is 6.30. The third kappa shape index (κ3) is 2.21. The molecular weight excluding hydrogens is 274 g/mol. The molecule has 1 fully saturated rings. The summed E-state index contributed by atoms with van der Waals surface area (Å²) in [6.45, 7) is 1.98. The number of nitrogens with one attached hydrogen (secondary N) is 1. The Bertz CT molecular complexity index is 816. The van der Waals surface area contributed by atoms with Gasteiger partial charge in [-0.3, -0.25) is 0 Å². The monoisotopic (exact) mass is 295 g/mol. The quantitative estimate of drug-likeness (QED) is 0.930. The molecule has 1 atom stereocenters. The Morgan fingerprint density at radius 2 is 2.14 bits per heavy atom. The first-order valence-corrected chi connectivity index (χ1v) is 8.04. The first-order chi connectivity index (χ1) is 10.7. The molecule has 0 radical (unpaired) electrons. The molecule has 1 N–H and O–H groups in total. The molecule has 4 rings (SSSR count). The van der Waals surface area contributed by atoms with Crippen LogP contribution in [0.15, 0.2) is 12.3 Å². The number of anilines is 1. The SMILES string of the molecule is CNc1nc(C)cc(-n2ncc3c2=CC(C2CCC2)CC=3)n1. The summed E-state index contributed by atoms with van der Waals surface area (Å²) in [4.78, 5) is 8.91. The maximum absolute atomic E-state index is 4.56. The normalized spacial score (nSPS) is 20.5. The smallest absolute Gasteiger partial charge is 0.224 e. The van der Waals surface area contributed by atoms with Crippen LogP contribution in [0.2, 0.25) is 0 Å². The van der Waals surface area contributed by atoms with E-state index in [1.807, 2.05) is 30.9 Å². The molecule has 2 aliphatic carbocycles. The molecule has 0 aliphatic heterocycles. The van der Waals surface area contributed by atoms with Gasteiger partial charge in [-0.25, -0.2) is 9.67 Å². The molecule has 5 heteroatoms. The summed E-state index contributed by atoms with van der Waals surface area (Å²) in [5, 5.41) is 9.98. The van der Waals surface area contributed by atoms with Crippen molar-refractivity contribution in [2.45, 2.75) is 32.6 Å². The molecule has 0 saturated heterocycles. The standard InChI is InChI=1S/C17H21N5/c1-11-8-16(21-17(18-2)20-11)22-15-9-13(12-4-3-5-12)6-7-14(15)10-19-22/h7-10,12-13H,3-6H2,1-2H3,(H,18,20,21). The average Bonchev–Trinajstić information content (AvgIpc) is 2.88. The minimum absolute atomic E-state index is 0.634. The fourth-order valence-corrected chi connectivity index (χ4v) is 3.38. The van der Waals surface area contributed by atoms with Crippen LogP contribution >= 0.6 is 0 Å². The van der Waals surface area contributed by atoms with E-state index in [1.165, 1.54) is 29.8 Å². The van der Waals surface area contributed by atoms with Crippen LogP contribution in [0.4, 0.5) is 5.95 Å². The Morgan fingerprint density at radius 3 is 2.86 bits per heavy atom. The molecule has 2 aromatic rings. The maximum Gasteiger partial charge on any atom is 0.224 e. The highest BCUT2D eigenvalue weighted by atomic mass is 15.3. The molecule has 2 aromatic heterocycles. The maximum atomic E-state index is 4.56. The lowest BCUT2D eigenvalue weighted by Gasteiger charge is -2.32. The van der Waals surface area contributed by atoms with E-state index in [0.717, 1.165) is 23.9 Å².